The van der Waals surface area contributed by atoms with Gasteiger partial charge in [0.15, 0.2) is 0 Å². The van der Waals surface area contributed by atoms with E-state index in [0.29, 0.717) is 6.42 Å². The minimum Gasteiger partial charge on any atom is -0.350 e. The number of halogens is 1. The van der Waals surface area contributed by atoms with E-state index in [1.54, 1.807) is 12.1 Å². The monoisotopic (exact) mass is 250 g/mol. The molecule has 1 atom stereocenters. The van der Waals surface area contributed by atoms with Crippen molar-refractivity contribution in [2.45, 2.75) is 44.2 Å². The van der Waals surface area contributed by atoms with Crippen LogP contribution in [0.4, 0.5) is 4.39 Å². The predicted molar refractivity (Wildman–Crippen MR) is 68.3 cm³/mol. The Hall–Kier alpha value is -1.42. The van der Waals surface area contributed by atoms with E-state index < -0.39 is 0 Å². The van der Waals surface area contributed by atoms with Crippen LogP contribution in [0.1, 0.15) is 44.2 Å². The molecule has 1 aliphatic rings. The average molecular weight is 250 g/mol. The van der Waals surface area contributed by atoms with E-state index in [-0.39, 0.29) is 23.3 Å². The summed E-state index contributed by atoms with van der Waals surface area (Å²) >= 11 is 0. The fourth-order valence-electron chi connectivity index (χ4n) is 2.25. The van der Waals surface area contributed by atoms with Crippen LogP contribution in [0.25, 0.3) is 0 Å². The van der Waals surface area contributed by atoms with Crippen LogP contribution in [0.3, 0.4) is 0 Å². The molecule has 3 N–H and O–H groups in total. The van der Waals surface area contributed by atoms with Gasteiger partial charge in [-0.05, 0) is 43.9 Å². The fraction of sp³-hybridized carbons (Fsp3) is 0.500. The van der Waals surface area contributed by atoms with Crippen molar-refractivity contribution in [3.8, 4) is 0 Å². The molecule has 4 heteroatoms. The van der Waals surface area contributed by atoms with Gasteiger partial charge in [0.25, 0.3) is 0 Å². The topological polar surface area (TPSA) is 55.1 Å². The number of nitrogens with two attached hydrogens (primary N) is 1. The number of carbonyl (C=O) groups is 1. The lowest BCUT2D eigenvalue weighted by Gasteiger charge is -2.37. The molecule has 1 amide bonds. The highest BCUT2D eigenvalue weighted by atomic mass is 19.1. The lowest BCUT2D eigenvalue weighted by molar-refractivity contribution is -0.123. The van der Waals surface area contributed by atoms with Crippen LogP contribution in [0.5, 0.6) is 0 Å². The minimum absolute atomic E-state index is 0.0333. The van der Waals surface area contributed by atoms with Gasteiger partial charge in [0.2, 0.25) is 5.91 Å². The van der Waals surface area contributed by atoms with Gasteiger partial charge in [0.1, 0.15) is 5.82 Å². The zero-order chi connectivity index (χ0) is 13.2. The normalized spacial score (nSPS) is 18.8. The summed E-state index contributed by atoms with van der Waals surface area (Å²) in [4.78, 5) is 11.8. The first-order valence-electron chi connectivity index (χ1n) is 6.32. The number of hydrogen-bond acceptors (Lipinski definition) is 2. The highest BCUT2D eigenvalue weighted by molar-refractivity contribution is 5.77. The summed E-state index contributed by atoms with van der Waals surface area (Å²) in [5, 5.41) is 2.90. The van der Waals surface area contributed by atoms with Crippen molar-refractivity contribution < 1.29 is 9.18 Å². The van der Waals surface area contributed by atoms with Crippen LogP contribution in [0.2, 0.25) is 0 Å². The number of rotatable bonds is 4. The van der Waals surface area contributed by atoms with Gasteiger partial charge in [-0.25, -0.2) is 4.39 Å². The van der Waals surface area contributed by atoms with Crippen LogP contribution in [-0.2, 0) is 4.79 Å². The zero-order valence-electron chi connectivity index (χ0n) is 10.6. The van der Waals surface area contributed by atoms with Gasteiger partial charge in [0.05, 0.1) is 6.04 Å². The third-order valence-corrected chi connectivity index (χ3v) is 3.61. The Labute approximate surface area is 107 Å². The molecule has 0 spiro atoms. The van der Waals surface area contributed by atoms with Crippen LogP contribution in [0.15, 0.2) is 24.3 Å². The predicted octanol–water partition coefficient (Wildman–Crippen LogP) is 2.27. The highest BCUT2D eigenvalue weighted by Crippen LogP contribution is 2.32. The zero-order valence-corrected chi connectivity index (χ0v) is 10.6. The Kier molecular flexibility index (Phi) is 3.66. The minimum atomic E-state index is -0.299. The lowest BCUT2D eigenvalue weighted by Crippen LogP contribution is -2.50. The van der Waals surface area contributed by atoms with Gasteiger partial charge in [-0.1, -0.05) is 12.1 Å². The second-order valence-electron chi connectivity index (χ2n) is 5.23. The molecule has 1 aromatic rings. The molecule has 98 valence electrons. The molecule has 1 fully saturated rings. The molecule has 0 bridgehead atoms. The standard InChI is InChI=1S/C14H19FN2O/c1-10(11-3-5-12(15)6-4-11)17-13(18)9-14(16)7-2-8-14/h3-6,10H,2,7-9,16H2,1H3,(H,17,18)/t10-/m0/s1. The van der Waals surface area contributed by atoms with Crippen molar-refractivity contribution >= 4 is 5.91 Å². The molecule has 0 radical (unpaired) electrons. The number of carbonyl (C=O) groups excluding carboxylic acids is 1. The van der Waals surface area contributed by atoms with Crippen molar-refractivity contribution in [2.75, 3.05) is 0 Å². The van der Waals surface area contributed by atoms with Crippen molar-refractivity contribution in [3.05, 3.63) is 35.6 Å². The summed E-state index contributed by atoms with van der Waals surface area (Å²) in [5.74, 6) is -0.304. The first-order chi connectivity index (χ1) is 8.48. The molecule has 0 aliphatic heterocycles. The Bertz CT molecular complexity index is 426. The molecule has 0 saturated heterocycles. The summed E-state index contributed by atoms with van der Waals surface area (Å²) < 4.78 is 12.8. The summed E-state index contributed by atoms with van der Waals surface area (Å²) in [7, 11) is 0. The van der Waals surface area contributed by atoms with Crippen LogP contribution < -0.4 is 11.1 Å². The smallest absolute Gasteiger partial charge is 0.222 e. The van der Waals surface area contributed by atoms with E-state index in [9.17, 15) is 9.18 Å². The Morgan fingerprint density at radius 1 is 1.44 bits per heavy atom. The number of nitrogens with one attached hydrogen (secondary N) is 1. The maximum absolute atomic E-state index is 12.8. The SMILES string of the molecule is C[C@H](NC(=O)CC1(N)CCC1)c1ccc(F)cc1. The molecule has 0 unspecified atom stereocenters. The molecule has 0 heterocycles. The van der Waals surface area contributed by atoms with Gasteiger partial charge in [-0.15, -0.1) is 0 Å². The molecule has 18 heavy (non-hydrogen) atoms. The maximum atomic E-state index is 12.8. The molecule has 1 aliphatic carbocycles. The molecular formula is C14H19FN2O. The maximum Gasteiger partial charge on any atom is 0.222 e. The second kappa shape index (κ2) is 5.06. The molecule has 0 aromatic heterocycles. The largest absolute Gasteiger partial charge is 0.350 e. The second-order valence-corrected chi connectivity index (χ2v) is 5.23. The van der Waals surface area contributed by atoms with E-state index in [2.05, 4.69) is 5.32 Å². The average Bonchev–Trinajstić information content (AvgIpc) is 2.27. The van der Waals surface area contributed by atoms with Gasteiger partial charge < -0.3 is 11.1 Å². The van der Waals surface area contributed by atoms with Crippen molar-refractivity contribution in [2.24, 2.45) is 5.73 Å². The van der Waals surface area contributed by atoms with E-state index in [4.69, 9.17) is 5.73 Å². The van der Waals surface area contributed by atoms with Gasteiger partial charge >= 0.3 is 0 Å². The summed E-state index contributed by atoms with van der Waals surface area (Å²) in [5.41, 5.74) is 6.62. The summed E-state index contributed by atoms with van der Waals surface area (Å²) in [6.45, 7) is 1.88. The van der Waals surface area contributed by atoms with Crippen LogP contribution in [-0.4, -0.2) is 11.4 Å². The molecule has 2 rings (SSSR count). The Morgan fingerprint density at radius 2 is 2.06 bits per heavy atom. The van der Waals surface area contributed by atoms with Crippen LogP contribution in [0, 0.1) is 5.82 Å². The van der Waals surface area contributed by atoms with Crippen molar-refractivity contribution in [1.82, 2.24) is 5.32 Å². The third kappa shape index (κ3) is 3.07. The summed E-state index contributed by atoms with van der Waals surface area (Å²) in [6.07, 6.45) is 3.33. The highest BCUT2D eigenvalue weighted by Gasteiger charge is 2.34. The van der Waals surface area contributed by atoms with Crippen LogP contribution >= 0.6 is 0 Å². The first kappa shape index (κ1) is 13.0. The molecule has 3 nitrogen and oxygen atoms in total. The third-order valence-electron chi connectivity index (χ3n) is 3.61. The van der Waals surface area contributed by atoms with E-state index in [1.165, 1.54) is 12.1 Å². The van der Waals surface area contributed by atoms with Gasteiger partial charge in [0, 0.05) is 12.0 Å². The Morgan fingerprint density at radius 3 is 2.56 bits per heavy atom. The van der Waals surface area contributed by atoms with Gasteiger partial charge in [-0.3, -0.25) is 4.79 Å². The number of hydrogen-bond donors (Lipinski definition) is 2. The molecule has 1 saturated carbocycles. The van der Waals surface area contributed by atoms with E-state index in [0.717, 1.165) is 24.8 Å². The van der Waals surface area contributed by atoms with Crippen molar-refractivity contribution in [1.29, 1.82) is 0 Å². The Balaban J connectivity index is 1.88. The number of amides is 1. The van der Waals surface area contributed by atoms with Crippen molar-refractivity contribution in [3.63, 3.8) is 0 Å². The van der Waals surface area contributed by atoms with E-state index in [1.807, 2.05) is 6.92 Å². The van der Waals surface area contributed by atoms with E-state index >= 15 is 0 Å². The quantitative estimate of drug-likeness (QED) is 0.861. The molecule has 1 aromatic carbocycles. The fourth-order valence-corrected chi connectivity index (χ4v) is 2.25. The first-order valence-corrected chi connectivity index (χ1v) is 6.32. The summed E-state index contributed by atoms with van der Waals surface area (Å²) in [6, 6.07) is 6.04. The molecular weight excluding hydrogens is 231 g/mol. The lowest BCUT2D eigenvalue weighted by atomic mass is 9.75. The number of benzene rings is 1. The van der Waals surface area contributed by atoms with Gasteiger partial charge in [-0.2, -0.15) is 0 Å².